The maximum atomic E-state index is 11.5. The molecule has 19 heavy (non-hydrogen) atoms. The molecule has 2 rings (SSSR count). The van der Waals surface area contributed by atoms with Gasteiger partial charge < -0.3 is 16.0 Å². The van der Waals surface area contributed by atoms with E-state index < -0.39 is 0 Å². The fourth-order valence-electron chi connectivity index (χ4n) is 2.27. The molecule has 6 nitrogen and oxygen atoms in total. The van der Waals surface area contributed by atoms with E-state index in [1.807, 2.05) is 18.7 Å². The van der Waals surface area contributed by atoms with Gasteiger partial charge in [-0.1, -0.05) is 0 Å². The number of hydrogen-bond acceptors (Lipinski definition) is 3. The van der Waals surface area contributed by atoms with Crippen molar-refractivity contribution in [1.82, 2.24) is 10.2 Å². The van der Waals surface area contributed by atoms with Crippen molar-refractivity contribution in [2.24, 2.45) is 15.7 Å². The number of likely N-dealkylation sites (tertiary alicyclic amines) is 1. The summed E-state index contributed by atoms with van der Waals surface area (Å²) in [5.74, 6) is 0.634. The summed E-state index contributed by atoms with van der Waals surface area (Å²) in [6.45, 7) is 5.76. The number of carbonyl (C=O) groups is 1. The largest absolute Gasteiger partial charge is 0.369 e. The van der Waals surface area contributed by atoms with Crippen molar-refractivity contribution in [1.29, 1.82) is 0 Å². The van der Waals surface area contributed by atoms with Gasteiger partial charge in [-0.25, -0.2) is 0 Å². The number of hydrogen-bond donors (Lipinski definition) is 2. The van der Waals surface area contributed by atoms with Crippen LogP contribution < -0.4 is 11.1 Å². The molecule has 0 aliphatic carbocycles. The Morgan fingerprint density at radius 3 is 2.58 bits per heavy atom. The molecule has 0 saturated carbocycles. The van der Waals surface area contributed by atoms with E-state index in [-0.39, 0.29) is 23.9 Å². The molecular formula is C12H22ClN5O. The van der Waals surface area contributed by atoms with Crippen LogP contribution in [0.2, 0.25) is 0 Å². The standard InChI is InChI=1S/C12H21N5O.ClH/c1-12(2)8-9(18)14-11(16-12)15-10(13)17-6-4-3-5-7-17;/h3-8H2,1-2H3,(H3,13,14,15,16,18);1H. The average Bonchev–Trinajstić information content (AvgIpc) is 2.27. The molecule has 1 saturated heterocycles. The third kappa shape index (κ3) is 4.38. The Balaban J connectivity index is 0.00000180. The van der Waals surface area contributed by atoms with Crippen LogP contribution >= 0.6 is 12.4 Å². The van der Waals surface area contributed by atoms with Crippen LogP contribution in [-0.2, 0) is 4.79 Å². The van der Waals surface area contributed by atoms with Gasteiger partial charge in [0.2, 0.25) is 5.96 Å². The molecule has 108 valence electrons. The van der Waals surface area contributed by atoms with Gasteiger partial charge in [-0.2, -0.15) is 9.98 Å². The van der Waals surface area contributed by atoms with Gasteiger partial charge in [0.25, 0.3) is 5.91 Å². The number of halogens is 1. The zero-order valence-electron chi connectivity index (χ0n) is 11.5. The van der Waals surface area contributed by atoms with Crippen LogP contribution in [0.5, 0.6) is 0 Å². The lowest BCUT2D eigenvalue weighted by Crippen LogP contribution is -2.49. The monoisotopic (exact) mass is 287 g/mol. The molecule has 0 radical (unpaired) electrons. The molecule has 0 aromatic carbocycles. The van der Waals surface area contributed by atoms with Gasteiger partial charge in [-0.05, 0) is 33.1 Å². The summed E-state index contributed by atoms with van der Waals surface area (Å²) in [6, 6.07) is 0. The number of aliphatic imine (C=N–C) groups is 2. The van der Waals surface area contributed by atoms with Crippen molar-refractivity contribution in [2.45, 2.75) is 45.1 Å². The molecule has 2 heterocycles. The number of guanidine groups is 2. The van der Waals surface area contributed by atoms with Crippen molar-refractivity contribution in [3.8, 4) is 0 Å². The van der Waals surface area contributed by atoms with Gasteiger partial charge in [0.1, 0.15) is 0 Å². The first-order valence-electron chi connectivity index (χ1n) is 6.45. The SMILES string of the molecule is CC1(C)CC(=O)N=C(N=C(N)N2CCCCC2)N1.Cl. The highest BCUT2D eigenvalue weighted by molar-refractivity contribution is 6.02. The first kappa shape index (κ1) is 15.8. The lowest BCUT2D eigenvalue weighted by atomic mass is 9.99. The van der Waals surface area contributed by atoms with Gasteiger partial charge in [-0.3, -0.25) is 4.79 Å². The molecule has 3 N–H and O–H groups in total. The Morgan fingerprint density at radius 1 is 1.37 bits per heavy atom. The van der Waals surface area contributed by atoms with Crippen LogP contribution in [0.3, 0.4) is 0 Å². The Hall–Kier alpha value is -1.30. The summed E-state index contributed by atoms with van der Waals surface area (Å²) >= 11 is 0. The smallest absolute Gasteiger partial charge is 0.251 e. The molecule has 1 amide bonds. The van der Waals surface area contributed by atoms with E-state index in [1.54, 1.807) is 0 Å². The quantitative estimate of drug-likeness (QED) is 0.511. The second-order valence-corrected chi connectivity index (χ2v) is 5.53. The van der Waals surface area contributed by atoms with Crippen molar-refractivity contribution in [3.05, 3.63) is 0 Å². The van der Waals surface area contributed by atoms with Crippen molar-refractivity contribution >= 4 is 30.2 Å². The first-order valence-corrected chi connectivity index (χ1v) is 6.45. The number of amides is 1. The Kier molecular flexibility index (Phi) is 5.17. The van der Waals surface area contributed by atoms with Gasteiger partial charge in [0.05, 0.1) is 6.42 Å². The third-order valence-corrected chi connectivity index (χ3v) is 3.17. The highest BCUT2D eigenvalue weighted by Crippen LogP contribution is 2.14. The lowest BCUT2D eigenvalue weighted by Gasteiger charge is -2.30. The molecule has 2 aliphatic heterocycles. The van der Waals surface area contributed by atoms with Crippen LogP contribution in [0.15, 0.2) is 9.98 Å². The maximum Gasteiger partial charge on any atom is 0.251 e. The second-order valence-electron chi connectivity index (χ2n) is 5.53. The van der Waals surface area contributed by atoms with Crippen LogP contribution in [0.4, 0.5) is 0 Å². The molecule has 0 spiro atoms. The summed E-state index contributed by atoms with van der Waals surface area (Å²) < 4.78 is 0. The van der Waals surface area contributed by atoms with Crippen LogP contribution in [0, 0.1) is 0 Å². The first-order chi connectivity index (χ1) is 8.46. The predicted octanol–water partition coefficient (Wildman–Crippen LogP) is 0.863. The molecule has 1 fully saturated rings. The van der Waals surface area contributed by atoms with E-state index in [9.17, 15) is 4.79 Å². The number of nitrogens with two attached hydrogens (primary N) is 1. The Morgan fingerprint density at radius 2 is 2.00 bits per heavy atom. The molecule has 2 aliphatic rings. The summed E-state index contributed by atoms with van der Waals surface area (Å²) in [5.41, 5.74) is 5.65. The summed E-state index contributed by atoms with van der Waals surface area (Å²) in [4.78, 5) is 21.7. The Bertz CT molecular complexity index is 399. The summed E-state index contributed by atoms with van der Waals surface area (Å²) in [7, 11) is 0. The van der Waals surface area contributed by atoms with Gasteiger partial charge in [0, 0.05) is 18.6 Å². The van der Waals surface area contributed by atoms with Crippen molar-refractivity contribution in [2.75, 3.05) is 13.1 Å². The average molecular weight is 288 g/mol. The van der Waals surface area contributed by atoms with Gasteiger partial charge in [-0.15, -0.1) is 12.4 Å². The zero-order chi connectivity index (χ0) is 13.2. The normalized spacial score (nSPS) is 23.3. The van der Waals surface area contributed by atoms with Crippen LogP contribution in [-0.4, -0.2) is 41.4 Å². The molecule has 0 atom stereocenters. The fraction of sp³-hybridized carbons (Fsp3) is 0.750. The Labute approximate surface area is 119 Å². The summed E-state index contributed by atoms with van der Waals surface area (Å²) in [5, 5.41) is 3.13. The van der Waals surface area contributed by atoms with E-state index in [0.29, 0.717) is 18.3 Å². The highest BCUT2D eigenvalue weighted by Gasteiger charge is 2.28. The molecular weight excluding hydrogens is 266 g/mol. The topological polar surface area (TPSA) is 83.1 Å². The third-order valence-electron chi connectivity index (χ3n) is 3.17. The van der Waals surface area contributed by atoms with E-state index in [0.717, 1.165) is 25.9 Å². The number of rotatable bonds is 0. The van der Waals surface area contributed by atoms with Gasteiger partial charge >= 0.3 is 0 Å². The minimum atomic E-state index is -0.306. The van der Waals surface area contributed by atoms with Crippen LogP contribution in [0.1, 0.15) is 39.5 Å². The number of carbonyl (C=O) groups excluding carboxylic acids is 1. The molecule has 0 bridgehead atoms. The molecule has 0 aromatic rings. The minimum Gasteiger partial charge on any atom is -0.369 e. The fourth-order valence-corrected chi connectivity index (χ4v) is 2.27. The molecule has 0 aromatic heterocycles. The zero-order valence-corrected chi connectivity index (χ0v) is 12.3. The predicted molar refractivity (Wildman–Crippen MR) is 78.6 cm³/mol. The highest BCUT2D eigenvalue weighted by atomic mass is 35.5. The number of piperidine rings is 1. The molecule has 0 unspecified atom stereocenters. The lowest BCUT2D eigenvalue weighted by molar-refractivity contribution is -0.119. The van der Waals surface area contributed by atoms with E-state index >= 15 is 0 Å². The second kappa shape index (κ2) is 6.23. The van der Waals surface area contributed by atoms with E-state index in [2.05, 4.69) is 15.3 Å². The number of nitrogens with zero attached hydrogens (tertiary/aromatic N) is 3. The minimum absolute atomic E-state index is 0. The van der Waals surface area contributed by atoms with E-state index in [1.165, 1.54) is 6.42 Å². The van der Waals surface area contributed by atoms with Crippen molar-refractivity contribution < 1.29 is 4.79 Å². The number of nitrogens with one attached hydrogen (secondary N) is 1. The van der Waals surface area contributed by atoms with Gasteiger partial charge in [0.15, 0.2) is 5.96 Å². The van der Waals surface area contributed by atoms with E-state index in [4.69, 9.17) is 5.73 Å². The molecule has 7 heteroatoms. The maximum absolute atomic E-state index is 11.5. The summed E-state index contributed by atoms with van der Waals surface area (Å²) in [6.07, 6.45) is 3.91. The van der Waals surface area contributed by atoms with Crippen molar-refractivity contribution in [3.63, 3.8) is 0 Å². The van der Waals surface area contributed by atoms with Crippen LogP contribution in [0.25, 0.3) is 0 Å².